The summed E-state index contributed by atoms with van der Waals surface area (Å²) in [6, 6.07) is 3.83. The van der Waals surface area contributed by atoms with Gasteiger partial charge in [-0.1, -0.05) is 11.6 Å². The Morgan fingerprint density at radius 2 is 2.27 bits per heavy atom. The van der Waals surface area contributed by atoms with Gasteiger partial charge in [0.2, 0.25) is 0 Å². The van der Waals surface area contributed by atoms with Gasteiger partial charge in [0.15, 0.2) is 5.13 Å². The van der Waals surface area contributed by atoms with Crippen molar-refractivity contribution >= 4 is 46.4 Å². The zero-order valence-corrected chi connectivity index (χ0v) is 13.8. The summed E-state index contributed by atoms with van der Waals surface area (Å²) in [5.74, 6) is -0.870. The fraction of sp³-hybridized carbons (Fsp3) is 0.286. The predicted octanol–water partition coefficient (Wildman–Crippen LogP) is 3.43. The van der Waals surface area contributed by atoms with Crippen molar-refractivity contribution in [3.05, 3.63) is 45.2 Å². The Morgan fingerprint density at radius 3 is 3.00 bits per heavy atom. The Hall–Kier alpha value is -1.21. The summed E-state index contributed by atoms with van der Waals surface area (Å²) in [5, 5.41) is 3.32. The molecule has 1 aromatic carbocycles. The van der Waals surface area contributed by atoms with Crippen LogP contribution in [0.15, 0.2) is 18.2 Å². The molecule has 1 aromatic heterocycles. The van der Waals surface area contributed by atoms with Gasteiger partial charge in [0.25, 0.3) is 5.91 Å². The molecule has 1 aliphatic carbocycles. The summed E-state index contributed by atoms with van der Waals surface area (Å²) in [6.45, 7) is 0. The highest BCUT2D eigenvalue weighted by Gasteiger charge is 2.21. The number of amides is 1. The summed E-state index contributed by atoms with van der Waals surface area (Å²) < 4.78 is 13.0. The Morgan fingerprint density at radius 1 is 1.50 bits per heavy atom. The van der Waals surface area contributed by atoms with Crippen LogP contribution in [-0.4, -0.2) is 16.9 Å². The third-order valence-corrected chi connectivity index (χ3v) is 4.72. The number of nitrogens with zero attached hydrogens (tertiary/aromatic N) is 1. The van der Waals surface area contributed by atoms with Crippen molar-refractivity contribution in [2.45, 2.75) is 25.3 Å². The van der Waals surface area contributed by atoms with Gasteiger partial charge in [0, 0.05) is 10.9 Å². The molecule has 118 valence electrons. The van der Waals surface area contributed by atoms with E-state index in [4.69, 9.17) is 17.3 Å². The van der Waals surface area contributed by atoms with Gasteiger partial charge in [-0.3, -0.25) is 10.1 Å². The molecule has 2 aromatic rings. The smallest absolute Gasteiger partial charge is 0.258 e. The minimum absolute atomic E-state index is 0. The average Bonchev–Trinajstić information content (AvgIpc) is 2.79. The molecule has 8 heteroatoms. The number of carbonyl (C=O) groups is 1. The second-order valence-corrected chi connectivity index (χ2v) is 6.46. The van der Waals surface area contributed by atoms with Gasteiger partial charge in [0.1, 0.15) is 5.82 Å². The lowest BCUT2D eigenvalue weighted by atomic mass is 9.99. The van der Waals surface area contributed by atoms with Gasteiger partial charge in [-0.25, -0.2) is 9.37 Å². The van der Waals surface area contributed by atoms with Crippen molar-refractivity contribution < 1.29 is 9.18 Å². The average molecular weight is 362 g/mol. The van der Waals surface area contributed by atoms with Crippen LogP contribution in [0.4, 0.5) is 9.52 Å². The quantitative estimate of drug-likeness (QED) is 0.860. The molecule has 3 rings (SSSR count). The van der Waals surface area contributed by atoms with Gasteiger partial charge < -0.3 is 5.73 Å². The number of nitrogens with two attached hydrogens (primary N) is 1. The fourth-order valence-electron chi connectivity index (χ4n) is 2.29. The first kappa shape index (κ1) is 17.1. The largest absolute Gasteiger partial charge is 0.327 e. The van der Waals surface area contributed by atoms with Crippen molar-refractivity contribution in [3.8, 4) is 0 Å². The van der Waals surface area contributed by atoms with Crippen LogP contribution in [0.5, 0.6) is 0 Å². The number of halogens is 3. The third kappa shape index (κ3) is 3.57. The topological polar surface area (TPSA) is 68.0 Å². The highest BCUT2D eigenvalue weighted by molar-refractivity contribution is 7.15. The number of aromatic nitrogens is 1. The van der Waals surface area contributed by atoms with Crippen LogP contribution in [0.1, 0.15) is 27.3 Å². The Balaban J connectivity index is 0.00000176. The SMILES string of the molecule is Cl.N[C@H]1CCc2nc(NC(=O)c3ccc(F)cc3Cl)sc2C1. The van der Waals surface area contributed by atoms with E-state index in [2.05, 4.69) is 10.3 Å². The van der Waals surface area contributed by atoms with Crippen molar-refractivity contribution in [2.24, 2.45) is 5.73 Å². The molecule has 4 nitrogen and oxygen atoms in total. The summed E-state index contributed by atoms with van der Waals surface area (Å²) >= 11 is 7.31. The van der Waals surface area contributed by atoms with Crippen LogP contribution < -0.4 is 11.1 Å². The molecule has 0 unspecified atom stereocenters. The lowest BCUT2D eigenvalue weighted by Crippen LogP contribution is -2.27. The lowest BCUT2D eigenvalue weighted by molar-refractivity contribution is 0.102. The molecular formula is C14H14Cl2FN3OS. The number of nitrogens with one attached hydrogen (secondary N) is 1. The fourth-order valence-corrected chi connectivity index (χ4v) is 3.64. The maximum atomic E-state index is 13.0. The molecule has 22 heavy (non-hydrogen) atoms. The summed E-state index contributed by atoms with van der Waals surface area (Å²) in [7, 11) is 0. The molecule has 0 radical (unpaired) electrons. The number of rotatable bonds is 2. The number of hydrogen-bond acceptors (Lipinski definition) is 4. The first-order valence-electron chi connectivity index (χ1n) is 6.53. The number of fused-ring (bicyclic) bond motifs is 1. The molecule has 0 saturated carbocycles. The van der Waals surface area contributed by atoms with Gasteiger partial charge >= 0.3 is 0 Å². The third-order valence-electron chi connectivity index (χ3n) is 3.37. The van der Waals surface area contributed by atoms with Gasteiger partial charge in [-0.05, 0) is 37.5 Å². The number of hydrogen-bond donors (Lipinski definition) is 2. The summed E-state index contributed by atoms with van der Waals surface area (Å²) in [4.78, 5) is 17.7. The second-order valence-electron chi connectivity index (χ2n) is 4.97. The van der Waals surface area contributed by atoms with Crippen molar-refractivity contribution in [2.75, 3.05) is 5.32 Å². The monoisotopic (exact) mass is 361 g/mol. The van der Waals surface area contributed by atoms with Gasteiger partial charge in [-0.15, -0.1) is 23.7 Å². The van der Waals surface area contributed by atoms with Crippen LogP contribution in [-0.2, 0) is 12.8 Å². The zero-order chi connectivity index (χ0) is 15.0. The molecule has 3 N–H and O–H groups in total. The molecule has 1 heterocycles. The standard InChI is InChI=1S/C14H13ClFN3OS.ClH/c15-10-5-7(16)1-3-9(10)13(20)19-14-18-11-4-2-8(17)6-12(11)21-14;/h1,3,5,8H,2,4,6,17H2,(H,18,19,20);1H/t8-;/m0./s1. The normalized spacial score (nSPS) is 16.6. The molecule has 0 spiro atoms. The lowest BCUT2D eigenvalue weighted by Gasteiger charge is -2.15. The predicted molar refractivity (Wildman–Crippen MR) is 88.7 cm³/mol. The highest BCUT2D eigenvalue weighted by atomic mass is 35.5. The van der Waals surface area contributed by atoms with E-state index in [0.717, 1.165) is 35.9 Å². The van der Waals surface area contributed by atoms with Crippen LogP contribution >= 0.6 is 35.3 Å². The maximum absolute atomic E-state index is 13.0. The number of thiazole rings is 1. The minimum Gasteiger partial charge on any atom is -0.327 e. The second kappa shape index (κ2) is 6.91. The summed E-state index contributed by atoms with van der Waals surface area (Å²) in [6.07, 6.45) is 2.54. The Bertz CT molecular complexity index is 707. The van der Waals surface area contributed by atoms with E-state index in [9.17, 15) is 9.18 Å². The first-order chi connectivity index (χ1) is 10.0. The highest BCUT2D eigenvalue weighted by Crippen LogP contribution is 2.30. The van der Waals surface area contributed by atoms with E-state index in [-0.39, 0.29) is 29.0 Å². The van der Waals surface area contributed by atoms with E-state index in [1.54, 1.807) is 0 Å². The van der Waals surface area contributed by atoms with E-state index < -0.39 is 11.7 Å². The molecule has 1 atom stereocenters. The van der Waals surface area contributed by atoms with E-state index in [1.165, 1.54) is 23.5 Å². The van der Waals surface area contributed by atoms with Crippen molar-refractivity contribution in [1.82, 2.24) is 4.98 Å². The van der Waals surface area contributed by atoms with Gasteiger partial charge in [-0.2, -0.15) is 0 Å². The Kier molecular flexibility index (Phi) is 5.39. The molecular weight excluding hydrogens is 348 g/mol. The minimum atomic E-state index is -0.477. The number of anilines is 1. The number of aryl methyl sites for hydroxylation is 1. The maximum Gasteiger partial charge on any atom is 0.258 e. The molecule has 0 saturated heterocycles. The summed E-state index contributed by atoms with van der Waals surface area (Å²) in [5.41, 5.74) is 7.15. The number of carbonyl (C=O) groups excluding carboxylic acids is 1. The van der Waals surface area contributed by atoms with Crippen LogP contribution in [0.2, 0.25) is 5.02 Å². The first-order valence-corrected chi connectivity index (χ1v) is 7.73. The van der Waals surface area contributed by atoms with Crippen molar-refractivity contribution in [1.29, 1.82) is 0 Å². The van der Waals surface area contributed by atoms with E-state index in [0.29, 0.717) is 5.13 Å². The molecule has 0 aliphatic heterocycles. The van der Waals surface area contributed by atoms with Crippen LogP contribution in [0, 0.1) is 5.82 Å². The van der Waals surface area contributed by atoms with E-state index in [1.807, 2.05) is 0 Å². The van der Waals surface area contributed by atoms with Gasteiger partial charge in [0.05, 0.1) is 16.3 Å². The molecule has 0 bridgehead atoms. The number of benzene rings is 1. The van der Waals surface area contributed by atoms with Crippen molar-refractivity contribution in [3.63, 3.8) is 0 Å². The zero-order valence-electron chi connectivity index (χ0n) is 11.4. The van der Waals surface area contributed by atoms with Crippen LogP contribution in [0.25, 0.3) is 0 Å². The van der Waals surface area contributed by atoms with Crippen LogP contribution in [0.3, 0.4) is 0 Å². The molecule has 1 aliphatic rings. The molecule has 1 amide bonds. The van der Waals surface area contributed by atoms with E-state index >= 15 is 0 Å². The Labute approximate surface area is 142 Å². The molecule has 0 fully saturated rings.